The van der Waals surface area contributed by atoms with Gasteiger partial charge in [-0.2, -0.15) is 0 Å². The Kier molecular flexibility index (Phi) is 4.80. The summed E-state index contributed by atoms with van der Waals surface area (Å²) in [5, 5.41) is 0. The van der Waals surface area contributed by atoms with Gasteiger partial charge in [-0.05, 0) is 19.1 Å². The van der Waals surface area contributed by atoms with Crippen LogP contribution < -0.4 is 0 Å². The summed E-state index contributed by atoms with van der Waals surface area (Å²) in [5.41, 5.74) is 0.521. The highest BCUT2D eigenvalue weighted by Gasteiger charge is 2.41. The van der Waals surface area contributed by atoms with E-state index in [9.17, 15) is 19.2 Å². The number of esters is 1. The summed E-state index contributed by atoms with van der Waals surface area (Å²) < 4.78 is 10.2. The zero-order valence-corrected chi connectivity index (χ0v) is 13.8. The van der Waals surface area contributed by atoms with Crippen molar-refractivity contribution in [3.05, 3.63) is 35.4 Å². The first-order valence-corrected chi connectivity index (χ1v) is 8.00. The van der Waals surface area contributed by atoms with Crippen LogP contribution in [0.4, 0.5) is 0 Å². The van der Waals surface area contributed by atoms with Crippen LogP contribution in [-0.4, -0.2) is 72.4 Å². The van der Waals surface area contributed by atoms with Gasteiger partial charge in [0.1, 0.15) is 6.04 Å². The molecule has 0 radical (unpaired) electrons. The van der Waals surface area contributed by atoms with Gasteiger partial charge in [-0.25, -0.2) is 4.79 Å². The lowest BCUT2D eigenvalue weighted by molar-refractivity contribution is -0.156. The Hall–Kier alpha value is -2.74. The van der Waals surface area contributed by atoms with E-state index in [0.717, 1.165) is 4.90 Å². The van der Waals surface area contributed by atoms with Gasteiger partial charge < -0.3 is 14.4 Å². The Morgan fingerprint density at radius 2 is 1.68 bits per heavy atom. The number of benzene rings is 1. The van der Waals surface area contributed by atoms with Gasteiger partial charge in [0.05, 0.1) is 24.3 Å². The molecule has 8 heteroatoms. The van der Waals surface area contributed by atoms with Gasteiger partial charge in [0, 0.05) is 13.1 Å². The van der Waals surface area contributed by atoms with Crippen LogP contribution in [0.1, 0.15) is 27.6 Å². The first-order valence-electron chi connectivity index (χ1n) is 8.00. The summed E-state index contributed by atoms with van der Waals surface area (Å²) in [5.74, 6) is -2.20. The molecule has 0 saturated carbocycles. The fourth-order valence-corrected chi connectivity index (χ4v) is 2.82. The van der Waals surface area contributed by atoms with Crippen LogP contribution in [0.3, 0.4) is 0 Å². The van der Waals surface area contributed by atoms with Crippen LogP contribution in [0.2, 0.25) is 0 Å². The fourth-order valence-electron chi connectivity index (χ4n) is 2.82. The van der Waals surface area contributed by atoms with Crippen LogP contribution in [0.5, 0.6) is 0 Å². The average Bonchev–Trinajstić information content (AvgIpc) is 2.90. The number of imide groups is 1. The standard InChI is InChI=1S/C17H18N2O6/c1-11(17(23)25-10-14(20)18-6-8-24-9-7-18)19-15(21)12-4-2-3-5-13(12)16(19)22/h2-5,11H,6-10H2,1H3. The molecule has 1 aromatic rings. The van der Waals surface area contributed by atoms with Crippen LogP contribution in [0.25, 0.3) is 0 Å². The van der Waals surface area contributed by atoms with E-state index in [-0.39, 0.29) is 17.0 Å². The molecule has 0 aromatic heterocycles. The third kappa shape index (κ3) is 3.25. The number of carbonyl (C=O) groups is 4. The third-order valence-electron chi connectivity index (χ3n) is 4.26. The summed E-state index contributed by atoms with van der Waals surface area (Å²) in [6.07, 6.45) is 0. The van der Waals surface area contributed by atoms with Gasteiger partial charge in [0.15, 0.2) is 6.61 Å². The van der Waals surface area contributed by atoms with E-state index >= 15 is 0 Å². The topological polar surface area (TPSA) is 93.2 Å². The third-order valence-corrected chi connectivity index (χ3v) is 4.26. The van der Waals surface area contributed by atoms with Crippen molar-refractivity contribution in [2.45, 2.75) is 13.0 Å². The van der Waals surface area contributed by atoms with Gasteiger partial charge in [-0.15, -0.1) is 0 Å². The predicted octanol–water partition coefficient (Wildman–Crippen LogP) is 0.0731. The molecule has 1 saturated heterocycles. The first-order chi connectivity index (χ1) is 12.0. The van der Waals surface area contributed by atoms with Crippen molar-refractivity contribution in [3.8, 4) is 0 Å². The summed E-state index contributed by atoms with van der Waals surface area (Å²) >= 11 is 0. The zero-order valence-electron chi connectivity index (χ0n) is 13.8. The summed E-state index contributed by atoms with van der Waals surface area (Å²) in [4.78, 5) is 51.3. The molecule has 25 heavy (non-hydrogen) atoms. The van der Waals surface area contributed by atoms with Crippen LogP contribution in [0.15, 0.2) is 24.3 Å². The van der Waals surface area contributed by atoms with E-state index in [1.54, 1.807) is 17.0 Å². The first kappa shape index (κ1) is 17.1. The summed E-state index contributed by atoms with van der Waals surface area (Å²) in [7, 11) is 0. The van der Waals surface area contributed by atoms with E-state index in [4.69, 9.17) is 9.47 Å². The van der Waals surface area contributed by atoms with Crippen molar-refractivity contribution >= 4 is 23.7 Å². The number of morpholine rings is 1. The number of carbonyl (C=O) groups excluding carboxylic acids is 4. The summed E-state index contributed by atoms with van der Waals surface area (Å²) in [6.45, 7) is 2.78. The molecule has 2 aliphatic rings. The van der Waals surface area contributed by atoms with Crippen LogP contribution >= 0.6 is 0 Å². The highest BCUT2D eigenvalue weighted by Crippen LogP contribution is 2.24. The Morgan fingerprint density at radius 3 is 2.24 bits per heavy atom. The van der Waals surface area contributed by atoms with Crippen molar-refractivity contribution in [3.63, 3.8) is 0 Å². The number of hydrogen-bond donors (Lipinski definition) is 0. The van der Waals surface area contributed by atoms with E-state index in [1.165, 1.54) is 19.1 Å². The Morgan fingerprint density at radius 1 is 1.12 bits per heavy atom. The molecule has 0 bridgehead atoms. The molecular weight excluding hydrogens is 328 g/mol. The van der Waals surface area contributed by atoms with E-state index < -0.39 is 30.4 Å². The summed E-state index contributed by atoms with van der Waals surface area (Å²) in [6, 6.07) is 5.27. The minimum Gasteiger partial charge on any atom is -0.454 e. The van der Waals surface area contributed by atoms with Gasteiger partial charge in [-0.1, -0.05) is 12.1 Å². The minimum absolute atomic E-state index is 0.261. The lowest BCUT2D eigenvalue weighted by Gasteiger charge is -2.27. The molecule has 1 unspecified atom stereocenters. The van der Waals surface area contributed by atoms with Crippen molar-refractivity contribution in [1.82, 2.24) is 9.80 Å². The van der Waals surface area contributed by atoms with Gasteiger partial charge in [-0.3, -0.25) is 19.3 Å². The van der Waals surface area contributed by atoms with Crippen molar-refractivity contribution in [2.24, 2.45) is 0 Å². The number of amides is 3. The lowest BCUT2D eigenvalue weighted by Crippen LogP contribution is -2.46. The van der Waals surface area contributed by atoms with E-state index in [1.807, 2.05) is 0 Å². The number of hydrogen-bond acceptors (Lipinski definition) is 6. The average molecular weight is 346 g/mol. The Balaban J connectivity index is 1.60. The normalized spacial score (nSPS) is 18.1. The number of nitrogens with zero attached hydrogens (tertiary/aromatic N) is 2. The van der Waals surface area contributed by atoms with Crippen molar-refractivity contribution < 1.29 is 28.7 Å². The molecule has 132 valence electrons. The molecule has 0 aliphatic carbocycles. The molecular formula is C17H18N2O6. The lowest BCUT2D eigenvalue weighted by atomic mass is 10.1. The maximum atomic E-state index is 12.3. The molecule has 2 heterocycles. The largest absolute Gasteiger partial charge is 0.454 e. The molecule has 0 spiro atoms. The second-order valence-corrected chi connectivity index (χ2v) is 5.80. The molecule has 1 fully saturated rings. The fraction of sp³-hybridized carbons (Fsp3) is 0.412. The number of ether oxygens (including phenoxy) is 2. The maximum Gasteiger partial charge on any atom is 0.329 e. The SMILES string of the molecule is CC(C(=O)OCC(=O)N1CCOCC1)N1C(=O)c2ccccc2C1=O. The second-order valence-electron chi connectivity index (χ2n) is 5.80. The predicted molar refractivity (Wildman–Crippen MR) is 84.8 cm³/mol. The smallest absolute Gasteiger partial charge is 0.329 e. The van der Waals surface area contributed by atoms with Gasteiger partial charge in [0.2, 0.25) is 0 Å². The van der Waals surface area contributed by atoms with Crippen LogP contribution in [0, 0.1) is 0 Å². The van der Waals surface area contributed by atoms with E-state index in [0.29, 0.717) is 26.3 Å². The van der Waals surface area contributed by atoms with Gasteiger partial charge in [0.25, 0.3) is 17.7 Å². The molecule has 3 amide bonds. The minimum atomic E-state index is -1.11. The molecule has 1 atom stereocenters. The molecule has 2 aliphatic heterocycles. The molecule has 0 N–H and O–H groups in total. The van der Waals surface area contributed by atoms with E-state index in [2.05, 4.69) is 0 Å². The maximum absolute atomic E-state index is 12.3. The Bertz CT molecular complexity index is 691. The monoisotopic (exact) mass is 346 g/mol. The van der Waals surface area contributed by atoms with Crippen LogP contribution in [-0.2, 0) is 19.1 Å². The van der Waals surface area contributed by atoms with Crippen molar-refractivity contribution in [1.29, 1.82) is 0 Å². The quantitative estimate of drug-likeness (QED) is 0.566. The highest BCUT2D eigenvalue weighted by molar-refractivity contribution is 6.22. The second kappa shape index (κ2) is 7.02. The molecule has 8 nitrogen and oxygen atoms in total. The highest BCUT2D eigenvalue weighted by atomic mass is 16.5. The van der Waals surface area contributed by atoms with Gasteiger partial charge >= 0.3 is 5.97 Å². The zero-order chi connectivity index (χ0) is 18.0. The Labute approximate surface area is 144 Å². The number of fused-ring (bicyclic) bond motifs is 1. The van der Waals surface area contributed by atoms with Crippen molar-refractivity contribution in [2.75, 3.05) is 32.9 Å². The number of rotatable bonds is 4. The molecule has 3 rings (SSSR count). The molecule has 1 aromatic carbocycles.